The van der Waals surface area contributed by atoms with Gasteiger partial charge in [0.05, 0.1) is 10.6 Å². The first kappa shape index (κ1) is 15.9. The molecule has 8 heteroatoms. The summed E-state index contributed by atoms with van der Waals surface area (Å²) in [4.78, 5) is 23.1. The Balaban J connectivity index is 2.38. The Hall–Kier alpha value is -2.48. The fraction of sp³-hybridized carbons (Fsp3) is 0.0714. The zero-order chi connectivity index (χ0) is 16.3. The number of nitro benzene ring substituents is 1. The van der Waals surface area contributed by atoms with Crippen LogP contribution in [0.4, 0.5) is 20.2 Å². The molecule has 0 saturated carbocycles. The van der Waals surface area contributed by atoms with Crippen LogP contribution in [-0.4, -0.2) is 17.1 Å². The summed E-state index contributed by atoms with van der Waals surface area (Å²) in [6.45, 7) is 0. The summed E-state index contributed by atoms with van der Waals surface area (Å²) in [6, 6.07) is 6.71. The average molecular weight is 324 g/mol. The van der Waals surface area contributed by atoms with Crippen LogP contribution in [0.1, 0.15) is 10.4 Å². The summed E-state index contributed by atoms with van der Waals surface area (Å²) < 4.78 is 26.4. The Kier molecular flexibility index (Phi) is 4.71. The van der Waals surface area contributed by atoms with Crippen molar-refractivity contribution in [1.82, 2.24) is 0 Å². The van der Waals surface area contributed by atoms with Gasteiger partial charge in [0.25, 0.3) is 11.6 Å². The molecule has 0 heterocycles. The number of nitrogens with zero attached hydrogens (tertiary/aromatic N) is 1. The van der Waals surface area contributed by atoms with Gasteiger partial charge in [0.1, 0.15) is 17.2 Å². The first-order valence-corrected chi connectivity index (χ1v) is 7.23. The van der Waals surface area contributed by atoms with Crippen LogP contribution in [0.25, 0.3) is 0 Å². The van der Waals surface area contributed by atoms with E-state index in [1.807, 2.05) is 0 Å². The Morgan fingerprint density at radius 2 is 1.95 bits per heavy atom. The number of thioether (sulfide) groups is 1. The largest absolute Gasteiger partial charge is 0.319 e. The highest BCUT2D eigenvalue weighted by Gasteiger charge is 2.21. The minimum Gasteiger partial charge on any atom is -0.319 e. The van der Waals surface area contributed by atoms with Crippen LogP contribution in [0.3, 0.4) is 0 Å². The summed E-state index contributed by atoms with van der Waals surface area (Å²) >= 11 is 1.31. The molecule has 0 spiro atoms. The molecule has 1 N–H and O–H groups in total. The number of rotatable bonds is 4. The molecule has 0 aliphatic heterocycles. The molecular weight excluding hydrogens is 314 g/mol. The number of carbonyl (C=O) groups excluding carboxylic acids is 1. The van der Waals surface area contributed by atoms with Crippen molar-refractivity contribution in [3.8, 4) is 0 Å². The lowest BCUT2D eigenvalue weighted by atomic mass is 10.1. The highest BCUT2D eigenvalue weighted by atomic mass is 32.2. The SMILES string of the molecule is CSc1ccc([N+](=O)[O-])c(C(=O)Nc2ccc(F)cc2F)c1. The number of carbonyl (C=O) groups is 1. The summed E-state index contributed by atoms with van der Waals surface area (Å²) in [7, 11) is 0. The number of halogens is 2. The van der Waals surface area contributed by atoms with E-state index < -0.39 is 28.2 Å². The van der Waals surface area contributed by atoms with Gasteiger partial charge in [-0.2, -0.15) is 0 Å². The fourth-order valence-electron chi connectivity index (χ4n) is 1.76. The predicted molar refractivity (Wildman–Crippen MR) is 79.2 cm³/mol. The van der Waals surface area contributed by atoms with E-state index in [2.05, 4.69) is 5.32 Å². The maximum Gasteiger partial charge on any atom is 0.282 e. The summed E-state index contributed by atoms with van der Waals surface area (Å²) in [6.07, 6.45) is 1.75. The number of nitrogens with one attached hydrogen (secondary N) is 1. The van der Waals surface area contributed by atoms with E-state index in [0.29, 0.717) is 11.0 Å². The van der Waals surface area contributed by atoms with Gasteiger partial charge in [0.2, 0.25) is 0 Å². The van der Waals surface area contributed by atoms with Crippen molar-refractivity contribution in [3.05, 3.63) is 63.7 Å². The zero-order valence-corrected chi connectivity index (χ0v) is 12.1. The second-order valence-electron chi connectivity index (χ2n) is 4.22. The Labute approximate surface area is 128 Å². The van der Waals surface area contributed by atoms with Crippen molar-refractivity contribution in [2.24, 2.45) is 0 Å². The molecule has 1 amide bonds. The second-order valence-corrected chi connectivity index (χ2v) is 5.10. The van der Waals surface area contributed by atoms with Crippen molar-refractivity contribution in [2.75, 3.05) is 11.6 Å². The Morgan fingerprint density at radius 3 is 2.55 bits per heavy atom. The quantitative estimate of drug-likeness (QED) is 0.527. The number of anilines is 1. The molecule has 114 valence electrons. The van der Waals surface area contributed by atoms with Gasteiger partial charge in [-0.15, -0.1) is 11.8 Å². The van der Waals surface area contributed by atoms with Crippen molar-refractivity contribution in [3.63, 3.8) is 0 Å². The van der Waals surface area contributed by atoms with Crippen molar-refractivity contribution >= 4 is 29.0 Å². The minimum absolute atomic E-state index is 0.194. The molecule has 0 aliphatic rings. The number of nitro groups is 1. The lowest BCUT2D eigenvalue weighted by Gasteiger charge is -2.08. The molecule has 0 atom stereocenters. The van der Waals surface area contributed by atoms with Crippen molar-refractivity contribution < 1.29 is 18.5 Å². The second kappa shape index (κ2) is 6.52. The molecule has 2 aromatic carbocycles. The summed E-state index contributed by atoms with van der Waals surface area (Å²) in [5, 5.41) is 13.2. The Bertz CT molecular complexity index is 753. The number of hydrogen-bond donors (Lipinski definition) is 1. The third kappa shape index (κ3) is 3.40. The zero-order valence-electron chi connectivity index (χ0n) is 11.3. The highest BCUT2D eigenvalue weighted by molar-refractivity contribution is 7.98. The molecule has 22 heavy (non-hydrogen) atoms. The average Bonchev–Trinajstić information content (AvgIpc) is 2.49. The van der Waals surface area contributed by atoms with Crippen molar-refractivity contribution in [1.29, 1.82) is 0 Å². The lowest BCUT2D eigenvalue weighted by Crippen LogP contribution is -2.15. The standard InChI is InChI=1S/C14H10F2N2O3S/c1-22-9-3-5-13(18(20)21)10(7-9)14(19)17-12-4-2-8(15)6-11(12)16/h2-7H,1H3,(H,17,19). The van der Waals surface area contributed by atoms with Gasteiger partial charge in [0, 0.05) is 17.0 Å². The number of amides is 1. The monoisotopic (exact) mass is 324 g/mol. The molecule has 0 unspecified atom stereocenters. The molecule has 2 aromatic rings. The molecule has 0 aliphatic carbocycles. The maximum absolute atomic E-state index is 13.5. The van der Waals surface area contributed by atoms with Crippen LogP contribution in [0, 0.1) is 21.7 Å². The fourth-order valence-corrected chi connectivity index (χ4v) is 2.20. The van der Waals surface area contributed by atoms with Gasteiger partial charge in [-0.1, -0.05) is 0 Å². The molecule has 5 nitrogen and oxygen atoms in total. The van der Waals surface area contributed by atoms with E-state index in [4.69, 9.17) is 0 Å². The number of hydrogen-bond acceptors (Lipinski definition) is 4. The summed E-state index contributed by atoms with van der Waals surface area (Å²) in [5.41, 5.74) is -0.839. The van der Waals surface area contributed by atoms with E-state index in [0.717, 1.165) is 12.1 Å². The molecule has 2 rings (SSSR count). The molecular formula is C14H10F2N2O3S. The molecule has 0 aromatic heterocycles. The van der Waals surface area contributed by atoms with E-state index in [1.54, 1.807) is 6.26 Å². The molecule has 0 saturated heterocycles. The van der Waals surface area contributed by atoms with Gasteiger partial charge >= 0.3 is 0 Å². The highest BCUT2D eigenvalue weighted by Crippen LogP contribution is 2.26. The van der Waals surface area contributed by atoms with Crippen LogP contribution >= 0.6 is 11.8 Å². The Morgan fingerprint density at radius 1 is 1.23 bits per heavy atom. The third-order valence-corrected chi connectivity index (χ3v) is 3.55. The van der Waals surface area contributed by atoms with E-state index in [1.165, 1.54) is 30.0 Å². The first-order valence-electron chi connectivity index (χ1n) is 6.01. The van der Waals surface area contributed by atoms with Gasteiger partial charge in [-0.05, 0) is 30.5 Å². The van der Waals surface area contributed by atoms with Crippen LogP contribution in [0.2, 0.25) is 0 Å². The molecule has 0 radical (unpaired) electrons. The smallest absolute Gasteiger partial charge is 0.282 e. The molecule has 0 fully saturated rings. The molecule has 0 bridgehead atoms. The normalized spacial score (nSPS) is 10.3. The van der Waals surface area contributed by atoms with Crippen molar-refractivity contribution in [2.45, 2.75) is 4.90 Å². The van der Waals surface area contributed by atoms with Gasteiger partial charge < -0.3 is 5.32 Å². The van der Waals surface area contributed by atoms with Crippen LogP contribution in [0.5, 0.6) is 0 Å². The minimum atomic E-state index is -0.961. The summed E-state index contributed by atoms with van der Waals surface area (Å²) in [5.74, 6) is -2.59. The van der Waals surface area contributed by atoms with Crippen LogP contribution in [0.15, 0.2) is 41.3 Å². The van der Waals surface area contributed by atoms with E-state index in [9.17, 15) is 23.7 Å². The number of benzene rings is 2. The predicted octanol–water partition coefficient (Wildman–Crippen LogP) is 3.85. The van der Waals surface area contributed by atoms with Crippen LogP contribution in [-0.2, 0) is 0 Å². The van der Waals surface area contributed by atoms with Gasteiger partial charge in [0.15, 0.2) is 0 Å². The van der Waals surface area contributed by atoms with E-state index >= 15 is 0 Å². The van der Waals surface area contributed by atoms with Gasteiger partial charge in [-0.25, -0.2) is 8.78 Å². The third-order valence-electron chi connectivity index (χ3n) is 2.82. The lowest BCUT2D eigenvalue weighted by molar-refractivity contribution is -0.385. The topological polar surface area (TPSA) is 72.2 Å². The van der Waals surface area contributed by atoms with Crippen LogP contribution < -0.4 is 5.32 Å². The maximum atomic E-state index is 13.5. The van der Waals surface area contributed by atoms with E-state index in [-0.39, 0.29) is 11.3 Å². The first-order chi connectivity index (χ1) is 10.4. The van der Waals surface area contributed by atoms with Gasteiger partial charge in [-0.3, -0.25) is 14.9 Å².